The monoisotopic (exact) mass is 286 g/mol. The lowest BCUT2D eigenvalue weighted by Crippen LogP contribution is -2.57. The molecule has 2 aromatic carbocycles. The average Bonchev–Trinajstić information content (AvgIpc) is 2.39. The highest BCUT2D eigenvalue weighted by molar-refractivity contribution is 6.30. The summed E-state index contributed by atoms with van der Waals surface area (Å²) in [5.41, 5.74) is 3.88. The zero-order valence-electron chi connectivity index (χ0n) is 11.6. The Bertz CT molecular complexity index is 559. The molecule has 3 rings (SSSR count). The molecular weight excluding hydrogens is 268 g/mol. The van der Waals surface area contributed by atoms with E-state index < -0.39 is 0 Å². The van der Waals surface area contributed by atoms with Gasteiger partial charge < -0.3 is 10.2 Å². The molecule has 1 N–H and O–H groups in total. The van der Waals surface area contributed by atoms with Gasteiger partial charge >= 0.3 is 0 Å². The molecule has 0 bridgehead atoms. The van der Waals surface area contributed by atoms with Crippen molar-refractivity contribution in [3.63, 3.8) is 0 Å². The summed E-state index contributed by atoms with van der Waals surface area (Å²) in [6.45, 7) is 5.16. The minimum Gasteiger partial charge on any atom is -0.362 e. The average molecular weight is 287 g/mol. The maximum Gasteiger partial charge on any atom is 0.0542 e. The Labute approximate surface area is 125 Å². The van der Waals surface area contributed by atoms with Crippen molar-refractivity contribution in [3.05, 3.63) is 64.7 Å². The molecule has 0 aliphatic carbocycles. The predicted octanol–water partition coefficient (Wildman–Crippen LogP) is 3.63. The minimum atomic E-state index is 0.577. The van der Waals surface area contributed by atoms with Gasteiger partial charge in [-0.25, -0.2) is 0 Å². The molecule has 1 aliphatic heterocycles. The lowest BCUT2D eigenvalue weighted by atomic mass is 10.1. The Balaban J connectivity index is 1.82. The van der Waals surface area contributed by atoms with Gasteiger partial charge in [-0.15, -0.1) is 0 Å². The molecule has 0 aromatic heterocycles. The van der Waals surface area contributed by atoms with E-state index in [2.05, 4.69) is 53.5 Å². The van der Waals surface area contributed by atoms with Crippen LogP contribution in [0.25, 0.3) is 0 Å². The number of hydrogen-bond donors (Lipinski definition) is 1. The van der Waals surface area contributed by atoms with Crippen molar-refractivity contribution in [1.82, 2.24) is 5.32 Å². The zero-order valence-corrected chi connectivity index (χ0v) is 12.4. The van der Waals surface area contributed by atoms with E-state index in [-0.39, 0.29) is 0 Å². The Morgan fingerprint density at radius 3 is 2.25 bits per heavy atom. The quantitative estimate of drug-likeness (QED) is 0.923. The van der Waals surface area contributed by atoms with Crippen LogP contribution in [0.15, 0.2) is 48.5 Å². The number of hydrogen-bond acceptors (Lipinski definition) is 2. The van der Waals surface area contributed by atoms with E-state index in [1.54, 1.807) is 0 Å². The molecule has 0 saturated carbocycles. The van der Waals surface area contributed by atoms with Crippen LogP contribution in [0.1, 0.15) is 11.1 Å². The molecule has 0 amide bonds. The van der Waals surface area contributed by atoms with E-state index in [1.807, 2.05) is 12.1 Å². The van der Waals surface area contributed by atoms with Gasteiger partial charge in [-0.2, -0.15) is 0 Å². The van der Waals surface area contributed by atoms with E-state index in [9.17, 15) is 0 Å². The van der Waals surface area contributed by atoms with Crippen molar-refractivity contribution in [1.29, 1.82) is 0 Å². The first-order chi connectivity index (χ1) is 9.72. The van der Waals surface area contributed by atoms with E-state index in [0.717, 1.165) is 24.7 Å². The lowest BCUT2D eigenvalue weighted by Gasteiger charge is -2.40. The van der Waals surface area contributed by atoms with Crippen LogP contribution in [0.2, 0.25) is 5.02 Å². The molecule has 104 valence electrons. The van der Waals surface area contributed by atoms with Gasteiger partial charge in [-0.05, 0) is 36.8 Å². The molecule has 0 atom stereocenters. The minimum absolute atomic E-state index is 0.577. The molecule has 2 aromatic rings. The molecule has 0 spiro atoms. The second-order valence-corrected chi connectivity index (χ2v) is 5.84. The van der Waals surface area contributed by atoms with Crippen LogP contribution in [0.5, 0.6) is 0 Å². The van der Waals surface area contributed by atoms with Gasteiger partial charge in [-0.3, -0.25) is 0 Å². The van der Waals surface area contributed by atoms with E-state index in [0.29, 0.717) is 6.04 Å². The van der Waals surface area contributed by atoms with Crippen LogP contribution in [-0.2, 0) is 6.54 Å². The number of anilines is 1. The topological polar surface area (TPSA) is 15.3 Å². The molecule has 3 heteroatoms. The highest BCUT2D eigenvalue weighted by atomic mass is 35.5. The lowest BCUT2D eigenvalue weighted by molar-refractivity contribution is 0.411. The summed E-state index contributed by atoms with van der Waals surface area (Å²) in [5.74, 6) is 0. The summed E-state index contributed by atoms with van der Waals surface area (Å²) in [7, 11) is 0. The van der Waals surface area contributed by atoms with Crippen molar-refractivity contribution in [2.75, 3.05) is 18.0 Å². The summed E-state index contributed by atoms with van der Waals surface area (Å²) in [5, 5.41) is 4.15. The largest absolute Gasteiger partial charge is 0.362 e. The molecular formula is C17H19ClN2. The SMILES string of the molecule is Cc1ccc(N(Cc2ccc(Cl)cc2)C2CNC2)cc1. The number of nitrogens with one attached hydrogen (secondary N) is 1. The second kappa shape index (κ2) is 5.86. The molecule has 1 heterocycles. The summed E-state index contributed by atoms with van der Waals surface area (Å²) >= 11 is 5.96. The first-order valence-electron chi connectivity index (χ1n) is 7.01. The van der Waals surface area contributed by atoms with Gasteiger partial charge in [0.2, 0.25) is 0 Å². The summed E-state index contributed by atoms with van der Waals surface area (Å²) in [6, 6.07) is 17.5. The summed E-state index contributed by atoms with van der Waals surface area (Å²) in [4.78, 5) is 2.47. The van der Waals surface area contributed by atoms with Crippen LogP contribution < -0.4 is 10.2 Å². The van der Waals surface area contributed by atoms with Crippen LogP contribution in [0, 0.1) is 6.92 Å². The van der Waals surface area contributed by atoms with E-state index >= 15 is 0 Å². The van der Waals surface area contributed by atoms with Crippen molar-refractivity contribution in [2.45, 2.75) is 19.5 Å². The fourth-order valence-electron chi connectivity index (χ4n) is 2.45. The Morgan fingerprint density at radius 1 is 1.05 bits per heavy atom. The maximum absolute atomic E-state index is 5.96. The van der Waals surface area contributed by atoms with Gasteiger partial charge in [-0.1, -0.05) is 41.4 Å². The van der Waals surface area contributed by atoms with Crippen molar-refractivity contribution in [3.8, 4) is 0 Å². The fraction of sp³-hybridized carbons (Fsp3) is 0.294. The van der Waals surface area contributed by atoms with Gasteiger partial charge in [0, 0.05) is 30.3 Å². The van der Waals surface area contributed by atoms with Crippen molar-refractivity contribution < 1.29 is 0 Å². The fourth-order valence-corrected chi connectivity index (χ4v) is 2.57. The van der Waals surface area contributed by atoms with Crippen LogP contribution in [0.4, 0.5) is 5.69 Å². The Hall–Kier alpha value is -1.51. The number of nitrogens with zero attached hydrogens (tertiary/aromatic N) is 1. The first kappa shape index (κ1) is 13.5. The smallest absolute Gasteiger partial charge is 0.0542 e. The number of aryl methyl sites for hydroxylation is 1. The third kappa shape index (κ3) is 2.97. The third-order valence-electron chi connectivity index (χ3n) is 3.83. The molecule has 1 fully saturated rings. The zero-order chi connectivity index (χ0) is 13.9. The summed E-state index contributed by atoms with van der Waals surface area (Å²) < 4.78 is 0. The summed E-state index contributed by atoms with van der Waals surface area (Å²) in [6.07, 6.45) is 0. The second-order valence-electron chi connectivity index (χ2n) is 5.40. The number of rotatable bonds is 4. The number of halogens is 1. The van der Waals surface area contributed by atoms with Gasteiger partial charge in [0.05, 0.1) is 6.04 Å². The highest BCUT2D eigenvalue weighted by Crippen LogP contribution is 2.23. The number of benzene rings is 2. The standard InChI is InChI=1S/C17H19ClN2/c1-13-2-8-16(9-3-13)20(17-10-19-11-17)12-14-4-6-15(18)7-5-14/h2-9,17,19H,10-12H2,1H3. The maximum atomic E-state index is 5.96. The van der Waals surface area contributed by atoms with Gasteiger partial charge in [0.25, 0.3) is 0 Å². The van der Waals surface area contributed by atoms with Crippen LogP contribution in [-0.4, -0.2) is 19.1 Å². The van der Waals surface area contributed by atoms with E-state index in [4.69, 9.17) is 11.6 Å². The first-order valence-corrected chi connectivity index (χ1v) is 7.38. The third-order valence-corrected chi connectivity index (χ3v) is 4.08. The molecule has 0 radical (unpaired) electrons. The Morgan fingerprint density at radius 2 is 1.70 bits per heavy atom. The Kier molecular flexibility index (Phi) is 3.95. The predicted molar refractivity (Wildman–Crippen MR) is 85.5 cm³/mol. The van der Waals surface area contributed by atoms with Crippen LogP contribution >= 0.6 is 11.6 Å². The van der Waals surface area contributed by atoms with Crippen molar-refractivity contribution in [2.24, 2.45) is 0 Å². The van der Waals surface area contributed by atoms with Crippen molar-refractivity contribution >= 4 is 17.3 Å². The molecule has 20 heavy (non-hydrogen) atoms. The normalized spacial score (nSPS) is 14.9. The van der Waals surface area contributed by atoms with E-state index in [1.165, 1.54) is 16.8 Å². The van der Waals surface area contributed by atoms with Crippen LogP contribution in [0.3, 0.4) is 0 Å². The van der Waals surface area contributed by atoms with Gasteiger partial charge in [0.1, 0.15) is 0 Å². The van der Waals surface area contributed by atoms with Gasteiger partial charge in [0.15, 0.2) is 0 Å². The molecule has 2 nitrogen and oxygen atoms in total. The highest BCUT2D eigenvalue weighted by Gasteiger charge is 2.24. The molecule has 1 aliphatic rings. The molecule has 1 saturated heterocycles. The molecule has 0 unspecified atom stereocenters.